The van der Waals surface area contributed by atoms with Crippen molar-refractivity contribution in [2.45, 2.75) is 38.1 Å². The minimum atomic E-state index is 0.296. The molecule has 2 nitrogen and oxygen atoms in total. The van der Waals surface area contributed by atoms with Crippen LogP contribution in [0.5, 0.6) is 0 Å². The van der Waals surface area contributed by atoms with Crippen molar-refractivity contribution >= 4 is 5.91 Å². The number of nitrogens with zero attached hydrogens (tertiary/aromatic N) is 1. The second-order valence-electron chi connectivity index (χ2n) is 3.73. The Morgan fingerprint density at radius 2 is 2.21 bits per heavy atom. The van der Waals surface area contributed by atoms with Crippen molar-refractivity contribution < 1.29 is 4.79 Å². The molecule has 0 aromatic heterocycles. The number of hydrogen-bond donors (Lipinski definition) is 0. The molecule has 0 aliphatic carbocycles. The topological polar surface area (TPSA) is 20.3 Å². The Bertz CT molecular complexity index is 222. The number of rotatable bonds is 5. The van der Waals surface area contributed by atoms with E-state index in [9.17, 15) is 4.79 Å². The summed E-state index contributed by atoms with van der Waals surface area (Å²) in [5, 5.41) is 0. The third-order valence-corrected chi connectivity index (χ3v) is 2.70. The number of carbonyl (C=O) groups excluding carboxylic acids is 1. The van der Waals surface area contributed by atoms with Gasteiger partial charge in [-0.2, -0.15) is 0 Å². The maximum Gasteiger partial charge on any atom is 0.222 e. The summed E-state index contributed by atoms with van der Waals surface area (Å²) < 4.78 is 0. The molecule has 78 valence electrons. The van der Waals surface area contributed by atoms with Crippen LogP contribution in [0.1, 0.15) is 32.1 Å². The molecule has 1 aliphatic rings. The van der Waals surface area contributed by atoms with Crippen molar-refractivity contribution in [2.24, 2.45) is 0 Å². The van der Waals surface area contributed by atoms with Gasteiger partial charge < -0.3 is 4.90 Å². The van der Waals surface area contributed by atoms with Crippen LogP contribution >= 0.6 is 0 Å². The highest BCUT2D eigenvalue weighted by molar-refractivity contribution is 5.77. The summed E-state index contributed by atoms with van der Waals surface area (Å²) in [6.07, 6.45) is 8.45. The molecule has 0 saturated carbocycles. The Hall–Kier alpha value is -1.05. The Labute approximate surface area is 86.3 Å². The van der Waals surface area contributed by atoms with Gasteiger partial charge in [0.15, 0.2) is 0 Å². The van der Waals surface area contributed by atoms with Crippen LogP contribution in [0.3, 0.4) is 0 Å². The van der Waals surface area contributed by atoms with Gasteiger partial charge in [0.2, 0.25) is 5.91 Å². The molecule has 1 atom stereocenters. The summed E-state index contributed by atoms with van der Waals surface area (Å²) in [5.74, 6) is 0.296. The number of carbonyl (C=O) groups is 1. The van der Waals surface area contributed by atoms with Gasteiger partial charge in [-0.05, 0) is 25.7 Å². The van der Waals surface area contributed by atoms with E-state index in [1.165, 1.54) is 0 Å². The first-order valence-corrected chi connectivity index (χ1v) is 5.31. The molecule has 2 heteroatoms. The van der Waals surface area contributed by atoms with Crippen LogP contribution < -0.4 is 0 Å². The van der Waals surface area contributed by atoms with Gasteiger partial charge in [0.25, 0.3) is 0 Å². The van der Waals surface area contributed by atoms with Gasteiger partial charge in [-0.1, -0.05) is 12.2 Å². The third-order valence-electron chi connectivity index (χ3n) is 2.70. The molecule has 0 spiro atoms. The monoisotopic (exact) mass is 193 g/mol. The molecule has 1 heterocycles. The van der Waals surface area contributed by atoms with Crippen molar-refractivity contribution in [3.8, 4) is 0 Å². The Balaban J connectivity index is 2.55. The molecule has 1 saturated heterocycles. The van der Waals surface area contributed by atoms with Crippen LogP contribution in [0.15, 0.2) is 25.3 Å². The summed E-state index contributed by atoms with van der Waals surface area (Å²) in [4.78, 5) is 13.6. The van der Waals surface area contributed by atoms with Gasteiger partial charge in [-0.25, -0.2) is 0 Å². The predicted molar refractivity (Wildman–Crippen MR) is 59.0 cm³/mol. The fourth-order valence-corrected chi connectivity index (χ4v) is 1.97. The number of amides is 1. The van der Waals surface area contributed by atoms with E-state index in [-0.39, 0.29) is 0 Å². The number of hydrogen-bond acceptors (Lipinski definition) is 1. The molecular weight excluding hydrogens is 174 g/mol. The largest absolute Gasteiger partial charge is 0.339 e. The van der Waals surface area contributed by atoms with E-state index in [1.54, 1.807) is 0 Å². The summed E-state index contributed by atoms with van der Waals surface area (Å²) in [6, 6.07) is 0.383. The van der Waals surface area contributed by atoms with Gasteiger partial charge in [0, 0.05) is 19.0 Å². The van der Waals surface area contributed by atoms with Crippen molar-refractivity contribution in [3.63, 3.8) is 0 Å². The van der Waals surface area contributed by atoms with Gasteiger partial charge in [-0.15, -0.1) is 13.2 Å². The highest BCUT2D eigenvalue weighted by Gasteiger charge is 2.25. The first-order chi connectivity index (χ1) is 6.79. The normalized spacial score (nSPS) is 22.1. The first kappa shape index (κ1) is 11.0. The molecule has 1 rings (SSSR count). The average molecular weight is 193 g/mol. The van der Waals surface area contributed by atoms with Gasteiger partial charge in [-0.3, -0.25) is 4.79 Å². The molecule has 0 bridgehead atoms. The van der Waals surface area contributed by atoms with Crippen molar-refractivity contribution in [3.05, 3.63) is 25.3 Å². The lowest BCUT2D eigenvalue weighted by atomic mass is 9.98. The zero-order valence-corrected chi connectivity index (χ0v) is 8.74. The fourth-order valence-electron chi connectivity index (χ4n) is 1.97. The molecule has 0 N–H and O–H groups in total. The average Bonchev–Trinajstić information content (AvgIpc) is 2.18. The standard InChI is InChI=1S/C12H19NO/c1-3-5-10-13-11(7-4-2)8-6-9-12(13)14/h3-4,11H,1-2,5-10H2. The minimum absolute atomic E-state index is 0.296. The van der Waals surface area contributed by atoms with E-state index in [1.807, 2.05) is 17.1 Å². The molecule has 1 fully saturated rings. The summed E-state index contributed by atoms with van der Waals surface area (Å²) in [5.41, 5.74) is 0. The zero-order chi connectivity index (χ0) is 10.4. The molecule has 0 aromatic carbocycles. The Kier molecular flexibility index (Phi) is 4.44. The maximum atomic E-state index is 11.6. The third kappa shape index (κ3) is 2.72. The molecule has 14 heavy (non-hydrogen) atoms. The molecular formula is C12H19NO. The quantitative estimate of drug-likeness (QED) is 0.614. The second kappa shape index (κ2) is 5.63. The zero-order valence-electron chi connectivity index (χ0n) is 8.74. The molecule has 1 amide bonds. The van der Waals surface area contributed by atoms with Crippen LogP contribution in [0, 0.1) is 0 Å². The van der Waals surface area contributed by atoms with Crippen LogP contribution in [-0.4, -0.2) is 23.4 Å². The smallest absolute Gasteiger partial charge is 0.222 e. The SMILES string of the molecule is C=CCCN1C(=O)CCCC1CC=C. The van der Waals surface area contributed by atoms with E-state index in [2.05, 4.69) is 13.2 Å². The van der Waals surface area contributed by atoms with E-state index in [4.69, 9.17) is 0 Å². The van der Waals surface area contributed by atoms with Gasteiger partial charge >= 0.3 is 0 Å². The van der Waals surface area contributed by atoms with E-state index in [0.29, 0.717) is 18.4 Å². The second-order valence-corrected chi connectivity index (χ2v) is 3.73. The Morgan fingerprint density at radius 3 is 2.86 bits per heavy atom. The van der Waals surface area contributed by atoms with Crippen LogP contribution in [0.4, 0.5) is 0 Å². The number of likely N-dealkylation sites (tertiary alicyclic amines) is 1. The van der Waals surface area contributed by atoms with Crippen molar-refractivity contribution in [1.29, 1.82) is 0 Å². The fraction of sp³-hybridized carbons (Fsp3) is 0.583. The molecule has 0 radical (unpaired) electrons. The first-order valence-electron chi connectivity index (χ1n) is 5.31. The lowest BCUT2D eigenvalue weighted by molar-refractivity contribution is -0.136. The van der Waals surface area contributed by atoms with E-state index in [0.717, 1.165) is 32.2 Å². The highest BCUT2D eigenvalue weighted by Crippen LogP contribution is 2.21. The predicted octanol–water partition coefficient (Wildman–Crippen LogP) is 2.52. The highest BCUT2D eigenvalue weighted by atomic mass is 16.2. The van der Waals surface area contributed by atoms with E-state index >= 15 is 0 Å². The van der Waals surface area contributed by atoms with Crippen molar-refractivity contribution in [1.82, 2.24) is 4.90 Å². The Morgan fingerprint density at radius 1 is 1.43 bits per heavy atom. The lowest BCUT2D eigenvalue weighted by Gasteiger charge is -2.35. The van der Waals surface area contributed by atoms with Gasteiger partial charge in [0.05, 0.1) is 0 Å². The van der Waals surface area contributed by atoms with E-state index < -0.39 is 0 Å². The van der Waals surface area contributed by atoms with Crippen molar-refractivity contribution in [2.75, 3.05) is 6.54 Å². The van der Waals surface area contributed by atoms with Gasteiger partial charge in [0.1, 0.15) is 0 Å². The summed E-state index contributed by atoms with van der Waals surface area (Å²) in [7, 11) is 0. The minimum Gasteiger partial charge on any atom is -0.339 e. The lowest BCUT2D eigenvalue weighted by Crippen LogP contribution is -2.43. The summed E-state index contributed by atoms with van der Waals surface area (Å²) in [6.45, 7) is 8.24. The molecule has 1 unspecified atom stereocenters. The van der Waals surface area contributed by atoms with Crippen LogP contribution in [0.2, 0.25) is 0 Å². The van der Waals surface area contributed by atoms with Crippen LogP contribution in [0.25, 0.3) is 0 Å². The molecule has 0 aromatic rings. The number of piperidine rings is 1. The molecule has 1 aliphatic heterocycles. The van der Waals surface area contributed by atoms with Crippen LogP contribution in [-0.2, 0) is 4.79 Å². The summed E-state index contributed by atoms with van der Waals surface area (Å²) >= 11 is 0. The maximum absolute atomic E-state index is 11.6.